The number of aromatic nitrogens is 3. The molecule has 398 valence electrons. The monoisotopic (exact) mass is 1100 g/mol. The Hall–Kier alpha value is -10.0. The molecule has 0 radical (unpaired) electrons. The minimum atomic E-state index is -5.32. The van der Waals surface area contributed by atoms with Crippen LogP contribution in [0.2, 0.25) is 0 Å². The molecule has 0 saturated carbocycles. The van der Waals surface area contributed by atoms with Gasteiger partial charge in [-0.3, -0.25) is 0 Å². The summed E-state index contributed by atoms with van der Waals surface area (Å²) in [6.45, 7) is 0. The van der Waals surface area contributed by atoms with Crippen molar-refractivity contribution in [1.29, 1.82) is 10.5 Å². The summed E-state index contributed by atoms with van der Waals surface area (Å²) in [7, 11) is 0. The number of benzene rings is 9. The lowest BCUT2D eigenvalue weighted by Crippen LogP contribution is -2.12. The van der Waals surface area contributed by atoms with E-state index >= 15 is 0 Å². The third-order valence-electron chi connectivity index (χ3n) is 13.8. The third-order valence-corrected chi connectivity index (χ3v) is 13.8. The zero-order chi connectivity index (χ0) is 57.2. The molecule has 81 heavy (non-hydrogen) atoms. The summed E-state index contributed by atoms with van der Waals surface area (Å²) in [5, 5.41) is 20.0. The van der Waals surface area contributed by atoms with Gasteiger partial charge < -0.3 is 4.57 Å². The molecule has 0 N–H and O–H groups in total. The molecule has 0 aliphatic carbocycles. The zero-order valence-electron chi connectivity index (χ0n) is 41.3. The van der Waals surface area contributed by atoms with Crippen LogP contribution in [0.1, 0.15) is 33.4 Å². The van der Waals surface area contributed by atoms with Crippen LogP contribution in [0.15, 0.2) is 200 Å². The van der Waals surface area contributed by atoms with Crippen molar-refractivity contribution in [2.75, 3.05) is 0 Å². The molecule has 0 amide bonds. The zero-order valence-corrected chi connectivity index (χ0v) is 41.3. The fraction of sp³-hybridized carbons (Fsp3) is 0.0625. The van der Waals surface area contributed by atoms with Crippen LogP contribution in [0.25, 0.3) is 106 Å². The summed E-state index contributed by atoms with van der Waals surface area (Å²) < 4.78 is 175. The molecular weight excluding hydrogens is 1070 g/mol. The first kappa shape index (κ1) is 53.0. The van der Waals surface area contributed by atoms with Crippen LogP contribution in [0.4, 0.5) is 52.7 Å². The molecule has 9 aromatic carbocycles. The van der Waals surface area contributed by atoms with E-state index < -0.39 is 58.1 Å². The van der Waals surface area contributed by atoms with E-state index in [1.807, 2.05) is 72.8 Å². The number of rotatable bonds is 8. The highest BCUT2D eigenvalue weighted by Gasteiger charge is 2.40. The molecule has 0 aliphatic rings. The molecule has 0 unspecified atom stereocenters. The number of fused-ring (bicyclic) bond motifs is 3. The second-order valence-electron chi connectivity index (χ2n) is 18.8. The molecule has 0 atom stereocenters. The Kier molecular flexibility index (Phi) is 13.1. The van der Waals surface area contributed by atoms with Gasteiger partial charge in [-0.15, -0.1) is 0 Å². The van der Waals surface area contributed by atoms with Crippen LogP contribution in [0.5, 0.6) is 0 Å². The average molecular weight is 1100 g/mol. The van der Waals surface area contributed by atoms with Gasteiger partial charge in [0.25, 0.3) is 0 Å². The molecule has 17 heteroatoms. The fourth-order valence-electron chi connectivity index (χ4n) is 9.99. The molecule has 11 rings (SSSR count). The van der Waals surface area contributed by atoms with Gasteiger partial charge in [0.2, 0.25) is 0 Å². The van der Waals surface area contributed by atoms with E-state index in [1.54, 1.807) is 59.2 Å². The maximum absolute atomic E-state index is 14.9. The molecule has 5 nitrogen and oxygen atoms in total. The Morgan fingerprint density at radius 3 is 1.12 bits per heavy atom. The number of nitrogens with zero attached hydrogens (tertiary/aromatic N) is 5. The van der Waals surface area contributed by atoms with Crippen molar-refractivity contribution >= 4 is 21.8 Å². The fourth-order valence-corrected chi connectivity index (χ4v) is 9.99. The van der Waals surface area contributed by atoms with E-state index in [1.165, 1.54) is 36.4 Å². The molecule has 0 saturated heterocycles. The number of alkyl halides is 12. The summed E-state index contributed by atoms with van der Waals surface area (Å²) in [5.41, 5.74) is -1.98. The van der Waals surface area contributed by atoms with Gasteiger partial charge in [-0.25, -0.2) is 9.97 Å². The molecule has 11 aromatic rings. The van der Waals surface area contributed by atoms with Gasteiger partial charge in [0.05, 0.1) is 73.6 Å². The van der Waals surface area contributed by atoms with Crippen LogP contribution in [-0.4, -0.2) is 14.5 Å². The molecule has 2 aromatic heterocycles. The van der Waals surface area contributed by atoms with Crippen molar-refractivity contribution in [3.63, 3.8) is 0 Å². The van der Waals surface area contributed by atoms with E-state index in [0.29, 0.717) is 91.7 Å². The van der Waals surface area contributed by atoms with Crippen LogP contribution in [-0.2, 0) is 24.7 Å². The first-order valence-electron chi connectivity index (χ1n) is 24.4. The maximum atomic E-state index is 14.9. The van der Waals surface area contributed by atoms with Gasteiger partial charge in [-0.1, -0.05) is 109 Å². The van der Waals surface area contributed by atoms with E-state index in [0.717, 1.165) is 5.56 Å². The Morgan fingerprint density at radius 2 is 0.728 bits per heavy atom. The Bertz CT molecular complexity index is 4070. The van der Waals surface area contributed by atoms with Crippen molar-refractivity contribution in [2.45, 2.75) is 24.7 Å². The Labute approximate surface area is 452 Å². The maximum Gasteiger partial charge on any atom is 0.417 e. The molecule has 0 aliphatic heterocycles. The van der Waals surface area contributed by atoms with E-state index in [9.17, 15) is 63.2 Å². The predicted octanol–water partition coefficient (Wildman–Crippen LogP) is 19.1. The SMILES string of the molecule is N#Cc1ccc(-c2cc(-c3cc(-c4ccccc4)nc(-c4ccccc4)n3)cc(-c3ccc(C#N)cc3)c2-n2c3ccc(-c4ccc(C(F)(F)F)cc4C(F)(F)F)cc3c3cc(-c4ccc(C(F)(F)F)cc4C(F)(F)F)ccc32)cc1. The number of nitriles is 2. The predicted molar refractivity (Wildman–Crippen MR) is 284 cm³/mol. The van der Waals surface area contributed by atoms with E-state index in [-0.39, 0.29) is 45.1 Å². The Morgan fingerprint density at radius 1 is 0.333 bits per heavy atom. The average Bonchev–Trinajstić information content (AvgIpc) is 3.02. The van der Waals surface area contributed by atoms with Crippen molar-refractivity contribution in [2.24, 2.45) is 0 Å². The molecule has 0 fully saturated rings. The van der Waals surface area contributed by atoms with Crippen molar-refractivity contribution in [1.82, 2.24) is 14.5 Å². The highest BCUT2D eigenvalue weighted by molar-refractivity contribution is 6.13. The lowest BCUT2D eigenvalue weighted by atomic mass is 9.91. The summed E-state index contributed by atoms with van der Waals surface area (Å²) in [4.78, 5) is 10.0. The van der Waals surface area contributed by atoms with Gasteiger partial charge in [-0.2, -0.15) is 63.2 Å². The van der Waals surface area contributed by atoms with Crippen molar-refractivity contribution in [3.8, 4) is 96.2 Å². The van der Waals surface area contributed by atoms with E-state index in [2.05, 4.69) is 12.1 Å². The second-order valence-corrected chi connectivity index (χ2v) is 18.8. The van der Waals surface area contributed by atoms with Gasteiger partial charge >= 0.3 is 24.7 Å². The first-order valence-corrected chi connectivity index (χ1v) is 24.4. The largest absolute Gasteiger partial charge is 0.417 e. The summed E-state index contributed by atoms with van der Waals surface area (Å²) in [5.74, 6) is 0.369. The lowest BCUT2D eigenvalue weighted by molar-refractivity contribution is -0.144. The van der Waals surface area contributed by atoms with Crippen LogP contribution in [0.3, 0.4) is 0 Å². The number of halogens is 12. The number of hydrogen-bond donors (Lipinski definition) is 0. The Balaban J connectivity index is 1.27. The van der Waals surface area contributed by atoms with Gasteiger partial charge in [0, 0.05) is 38.6 Å². The highest BCUT2D eigenvalue weighted by Crippen LogP contribution is 2.49. The third kappa shape index (κ3) is 10.2. The molecule has 0 spiro atoms. The van der Waals surface area contributed by atoms with Gasteiger partial charge in [-0.05, 0) is 124 Å². The number of hydrogen-bond acceptors (Lipinski definition) is 4. The standard InChI is InChI=1S/C64H33F12N5/c65-61(66,67)45-21-23-47(53(31-45)63(71,72)73)42-19-25-57-51(27-42)52-28-43(48-24-22-46(62(68,69)70)32-54(48)64(74,75)76)20-26-58(52)81(57)59-49(38-15-11-36(34-77)12-16-38)29-44(30-50(59)39-17-13-37(35-78)14-18-39)56-33-55(40-7-3-1-4-8-40)79-60(80-56)41-9-5-2-6-10-41/h1-33H. The van der Waals surface area contributed by atoms with Gasteiger partial charge in [0.15, 0.2) is 5.82 Å². The van der Waals surface area contributed by atoms with Crippen LogP contribution >= 0.6 is 0 Å². The van der Waals surface area contributed by atoms with Crippen LogP contribution in [0, 0.1) is 22.7 Å². The van der Waals surface area contributed by atoms with Crippen molar-refractivity contribution in [3.05, 3.63) is 234 Å². The van der Waals surface area contributed by atoms with E-state index in [4.69, 9.17) is 9.97 Å². The quantitative estimate of drug-likeness (QED) is 0.142. The van der Waals surface area contributed by atoms with Crippen LogP contribution < -0.4 is 0 Å². The minimum absolute atomic E-state index is 0.0112. The molecule has 0 bridgehead atoms. The molecule has 2 heterocycles. The smallest absolute Gasteiger partial charge is 0.308 e. The highest BCUT2D eigenvalue weighted by atomic mass is 19.4. The normalized spacial score (nSPS) is 12.2. The summed E-state index contributed by atoms with van der Waals surface area (Å²) in [6, 6.07) is 51.5. The summed E-state index contributed by atoms with van der Waals surface area (Å²) >= 11 is 0. The lowest BCUT2D eigenvalue weighted by Gasteiger charge is -2.22. The second kappa shape index (κ2) is 20.0. The minimum Gasteiger partial charge on any atom is -0.308 e. The summed E-state index contributed by atoms with van der Waals surface area (Å²) in [6.07, 6.45) is -20.9. The topological polar surface area (TPSA) is 78.3 Å². The van der Waals surface area contributed by atoms with Gasteiger partial charge in [0.1, 0.15) is 0 Å². The molecular formula is C64H33F12N5. The first-order chi connectivity index (χ1) is 38.6. The van der Waals surface area contributed by atoms with Crippen molar-refractivity contribution < 1.29 is 52.7 Å².